The van der Waals surface area contributed by atoms with E-state index >= 15 is 0 Å². The fraction of sp³-hybridized carbons (Fsp3) is 0.316. The SMILES string of the molecule is Cc1nn2cccnc2c1C(=O)N1CCC(C(=O)Nc2ccc(Br)cn2)CC1. The fourth-order valence-corrected chi connectivity index (χ4v) is 3.66. The van der Waals surface area contributed by atoms with Crippen LogP contribution in [0.15, 0.2) is 41.3 Å². The maximum Gasteiger partial charge on any atom is 0.259 e. The summed E-state index contributed by atoms with van der Waals surface area (Å²) >= 11 is 3.32. The van der Waals surface area contributed by atoms with E-state index in [0.29, 0.717) is 48.7 Å². The van der Waals surface area contributed by atoms with E-state index in [-0.39, 0.29) is 17.7 Å². The second-order valence-corrected chi connectivity index (χ2v) is 7.68. The predicted octanol–water partition coefficient (Wildman–Crippen LogP) is 2.69. The Kier molecular flexibility index (Phi) is 5.08. The Balaban J connectivity index is 1.40. The zero-order valence-electron chi connectivity index (χ0n) is 15.3. The molecule has 9 heteroatoms. The van der Waals surface area contributed by atoms with Gasteiger partial charge in [-0.1, -0.05) is 0 Å². The van der Waals surface area contributed by atoms with Gasteiger partial charge in [0, 0.05) is 42.1 Å². The number of nitrogens with one attached hydrogen (secondary N) is 1. The molecule has 3 aromatic rings. The molecule has 0 atom stereocenters. The van der Waals surface area contributed by atoms with Gasteiger partial charge in [0.05, 0.1) is 5.69 Å². The van der Waals surface area contributed by atoms with Crippen molar-refractivity contribution in [2.24, 2.45) is 5.92 Å². The van der Waals surface area contributed by atoms with Gasteiger partial charge in [-0.3, -0.25) is 9.59 Å². The van der Waals surface area contributed by atoms with E-state index in [1.54, 1.807) is 40.1 Å². The molecule has 0 radical (unpaired) electrons. The average molecular weight is 443 g/mol. The molecule has 4 rings (SSSR count). The van der Waals surface area contributed by atoms with Crippen LogP contribution in [0.5, 0.6) is 0 Å². The van der Waals surface area contributed by atoms with Crippen LogP contribution in [0.4, 0.5) is 5.82 Å². The van der Waals surface area contributed by atoms with E-state index in [0.717, 1.165) is 4.47 Å². The molecule has 1 aliphatic heterocycles. The van der Waals surface area contributed by atoms with Crippen molar-refractivity contribution in [2.75, 3.05) is 18.4 Å². The maximum absolute atomic E-state index is 13.0. The molecule has 1 N–H and O–H groups in total. The second kappa shape index (κ2) is 7.67. The van der Waals surface area contributed by atoms with Crippen LogP contribution in [0.2, 0.25) is 0 Å². The predicted molar refractivity (Wildman–Crippen MR) is 107 cm³/mol. The lowest BCUT2D eigenvalue weighted by atomic mass is 9.95. The first-order valence-corrected chi connectivity index (χ1v) is 9.84. The van der Waals surface area contributed by atoms with E-state index in [4.69, 9.17) is 0 Å². The number of halogens is 1. The van der Waals surface area contributed by atoms with Crippen LogP contribution in [0, 0.1) is 12.8 Å². The quantitative estimate of drug-likeness (QED) is 0.672. The Morgan fingerprint density at radius 3 is 2.71 bits per heavy atom. The second-order valence-electron chi connectivity index (χ2n) is 6.77. The lowest BCUT2D eigenvalue weighted by molar-refractivity contribution is -0.121. The monoisotopic (exact) mass is 442 g/mol. The Bertz CT molecular complexity index is 1020. The molecule has 28 heavy (non-hydrogen) atoms. The third kappa shape index (κ3) is 3.62. The van der Waals surface area contributed by atoms with Crippen LogP contribution >= 0.6 is 15.9 Å². The number of fused-ring (bicyclic) bond motifs is 1. The van der Waals surface area contributed by atoms with Crippen molar-refractivity contribution in [1.29, 1.82) is 0 Å². The van der Waals surface area contributed by atoms with Crippen LogP contribution in [0.25, 0.3) is 5.65 Å². The van der Waals surface area contributed by atoms with Crippen LogP contribution in [0.3, 0.4) is 0 Å². The van der Waals surface area contributed by atoms with E-state index in [1.165, 1.54) is 0 Å². The van der Waals surface area contributed by atoms with Gasteiger partial charge in [-0.25, -0.2) is 14.5 Å². The summed E-state index contributed by atoms with van der Waals surface area (Å²) in [7, 11) is 0. The summed E-state index contributed by atoms with van der Waals surface area (Å²) < 4.78 is 2.48. The standard InChI is InChI=1S/C19H19BrN6O2/c1-12-16(17-21-7-2-8-26(17)24-12)19(28)25-9-5-13(6-10-25)18(27)23-15-4-3-14(20)11-22-15/h2-4,7-8,11,13H,5-6,9-10H2,1H3,(H,22,23,27). The molecule has 1 saturated heterocycles. The molecule has 0 aromatic carbocycles. The Hall–Kier alpha value is -2.81. The molecule has 0 spiro atoms. The van der Waals surface area contributed by atoms with Crippen LogP contribution < -0.4 is 5.32 Å². The van der Waals surface area contributed by atoms with Gasteiger partial charge in [0.2, 0.25) is 5.91 Å². The lowest BCUT2D eigenvalue weighted by Crippen LogP contribution is -2.41. The highest BCUT2D eigenvalue weighted by atomic mass is 79.9. The number of anilines is 1. The summed E-state index contributed by atoms with van der Waals surface area (Å²) in [4.78, 5) is 35.7. The van der Waals surface area contributed by atoms with E-state index in [9.17, 15) is 9.59 Å². The van der Waals surface area contributed by atoms with Crippen molar-refractivity contribution in [3.05, 3.63) is 52.5 Å². The molecular formula is C19H19BrN6O2. The number of aromatic nitrogens is 4. The number of nitrogens with zero attached hydrogens (tertiary/aromatic N) is 5. The molecule has 1 aliphatic rings. The van der Waals surface area contributed by atoms with E-state index in [2.05, 4.69) is 36.3 Å². The first-order chi connectivity index (χ1) is 13.5. The fourth-order valence-electron chi connectivity index (χ4n) is 3.43. The lowest BCUT2D eigenvalue weighted by Gasteiger charge is -2.31. The number of aryl methyl sites for hydroxylation is 1. The van der Waals surface area contributed by atoms with Gasteiger partial charge in [0.25, 0.3) is 5.91 Å². The molecule has 8 nitrogen and oxygen atoms in total. The normalized spacial score (nSPS) is 15.0. The zero-order valence-corrected chi connectivity index (χ0v) is 16.9. The highest BCUT2D eigenvalue weighted by molar-refractivity contribution is 9.10. The van der Waals surface area contributed by atoms with E-state index < -0.39 is 0 Å². The summed E-state index contributed by atoms with van der Waals surface area (Å²) in [6, 6.07) is 5.36. The molecule has 0 saturated carbocycles. The number of hydrogen-bond donors (Lipinski definition) is 1. The Morgan fingerprint density at radius 1 is 1.21 bits per heavy atom. The molecule has 3 aromatic heterocycles. The third-order valence-electron chi connectivity index (χ3n) is 4.92. The van der Waals surface area contributed by atoms with E-state index in [1.807, 2.05) is 13.0 Å². The van der Waals surface area contributed by atoms with Crippen molar-refractivity contribution in [2.45, 2.75) is 19.8 Å². The molecule has 0 unspecified atom stereocenters. The first-order valence-electron chi connectivity index (χ1n) is 9.04. The minimum atomic E-state index is -0.141. The zero-order chi connectivity index (χ0) is 19.7. The van der Waals surface area contributed by atoms with Crippen LogP contribution in [0.1, 0.15) is 28.9 Å². The third-order valence-corrected chi connectivity index (χ3v) is 5.38. The number of pyridine rings is 1. The van der Waals surface area contributed by atoms with Crippen molar-refractivity contribution < 1.29 is 9.59 Å². The summed E-state index contributed by atoms with van der Waals surface area (Å²) in [5.41, 5.74) is 1.75. The average Bonchev–Trinajstić information content (AvgIpc) is 3.05. The molecule has 4 heterocycles. The summed E-state index contributed by atoms with van der Waals surface area (Å²) in [5, 5.41) is 7.20. The summed E-state index contributed by atoms with van der Waals surface area (Å²) in [5.74, 6) is 0.243. The molecule has 2 amide bonds. The molecule has 0 aliphatic carbocycles. The summed E-state index contributed by atoms with van der Waals surface area (Å²) in [6.45, 7) is 2.86. The highest BCUT2D eigenvalue weighted by Gasteiger charge is 2.30. The maximum atomic E-state index is 13.0. The van der Waals surface area contributed by atoms with Crippen LogP contribution in [-0.4, -0.2) is 49.4 Å². The smallest absolute Gasteiger partial charge is 0.259 e. The minimum Gasteiger partial charge on any atom is -0.338 e. The number of likely N-dealkylation sites (tertiary alicyclic amines) is 1. The van der Waals surface area contributed by atoms with Crippen molar-refractivity contribution >= 4 is 39.2 Å². The number of carbonyl (C=O) groups excluding carboxylic acids is 2. The molecule has 144 valence electrons. The molecular weight excluding hydrogens is 424 g/mol. The molecule has 1 fully saturated rings. The largest absolute Gasteiger partial charge is 0.338 e. The van der Waals surface area contributed by atoms with Crippen molar-refractivity contribution in [3.8, 4) is 0 Å². The van der Waals surface area contributed by atoms with Gasteiger partial charge in [-0.05, 0) is 53.9 Å². The van der Waals surface area contributed by atoms with Gasteiger partial charge < -0.3 is 10.2 Å². The number of piperidine rings is 1. The van der Waals surface area contributed by atoms with Gasteiger partial charge in [-0.15, -0.1) is 0 Å². The minimum absolute atomic E-state index is 0.0595. The number of amides is 2. The summed E-state index contributed by atoms with van der Waals surface area (Å²) in [6.07, 6.45) is 6.29. The topological polar surface area (TPSA) is 92.5 Å². The van der Waals surface area contributed by atoms with Gasteiger partial charge >= 0.3 is 0 Å². The highest BCUT2D eigenvalue weighted by Crippen LogP contribution is 2.23. The van der Waals surface area contributed by atoms with Crippen LogP contribution in [-0.2, 0) is 4.79 Å². The molecule has 0 bridgehead atoms. The van der Waals surface area contributed by atoms with Gasteiger partial charge in [0.15, 0.2) is 5.65 Å². The number of rotatable bonds is 3. The van der Waals surface area contributed by atoms with Crippen molar-refractivity contribution in [1.82, 2.24) is 24.5 Å². The number of carbonyl (C=O) groups is 2. The first kappa shape index (κ1) is 18.5. The van der Waals surface area contributed by atoms with Crippen molar-refractivity contribution in [3.63, 3.8) is 0 Å². The van der Waals surface area contributed by atoms with Gasteiger partial charge in [0.1, 0.15) is 11.4 Å². The van der Waals surface area contributed by atoms with Gasteiger partial charge in [-0.2, -0.15) is 5.10 Å². The Morgan fingerprint density at radius 2 is 2.00 bits per heavy atom. The number of hydrogen-bond acceptors (Lipinski definition) is 5. The Labute approximate surface area is 170 Å².